The van der Waals surface area contributed by atoms with E-state index in [0.29, 0.717) is 16.7 Å². The lowest BCUT2D eigenvalue weighted by molar-refractivity contribution is -0.115. The third kappa shape index (κ3) is 4.32. The third-order valence-corrected chi connectivity index (χ3v) is 6.83. The number of likely N-dealkylation sites (N-methyl/N-ethyl adjacent to an activating group) is 1. The molecule has 2 aliphatic rings. The quantitative estimate of drug-likeness (QED) is 0.592. The van der Waals surface area contributed by atoms with Crippen LogP contribution in [0.1, 0.15) is 44.4 Å². The zero-order valence-corrected chi connectivity index (χ0v) is 20.3. The highest BCUT2D eigenvalue weighted by molar-refractivity contribution is 8.18. The predicted molar refractivity (Wildman–Crippen MR) is 136 cm³/mol. The minimum absolute atomic E-state index is 0.0308. The van der Waals surface area contributed by atoms with Gasteiger partial charge >= 0.3 is 0 Å². The Balaban J connectivity index is 1.61. The number of aliphatic imine (C=N–C) groups is 1. The second-order valence-electron chi connectivity index (χ2n) is 8.67. The summed E-state index contributed by atoms with van der Waals surface area (Å²) >= 11 is 1.36. The number of nitrogens with zero attached hydrogens (tertiary/aromatic N) is 2. The molecule has 32 heavy (non-hydrogen) atoms. The molecule has 4 rings (SSSR count). The Bertz CT molecular complexity index is 1160. The number of carbonyl (C=O) groups excluding carboxylic acids is 1. The largest absolute Gasteiger partial charge is 0.494 e. The summed E-state index contributed by atoms with van der Waals surface area (Å²) in [4.78, 5) is 20.1. The monoisotopic (exact) mass is 447 g/mol. The van der Waals surface area contributed by atoms with Crippen LogP contribution in [0.15, 0.2) is 52.4 Å². The molecule has 2 heterocycles. The molecule has 6 heteroatoms. The molecule has 2 aromatic carbocycles. The number of rotatable bonds is 4. The molecule has 0 aliphatic carbocycles. The van der Waals surface area contributed by atoms with Gasteiger partial charge in [0, 0.05) is 18.3 Å². The van der Waals surface area contributed by atoms with Gasteiger partial charge in [-0.25, -0.2) is 4.99 Å². The fourth-order valence-corrected chi connectivity index (χ4v) is 4.83. The van der Waals surface area contributed by atoms with Crippen molar-refractivity contribution in [2.45, 2.75) is 40.2 Å². The van der Waals surface area contributed by atoms with Crippen molar-refractivity contribution in [3.63, 3.8) is 0 Å². The average Bonchev–Trinajstić information content (AvgIpc) is 3.07. The summed E-state index contributed by atoms with van der Waals surface area (Å²) in [7, 11) is 2.13. The number of amidine groups is 1. The summed E-state index contributed by atoms with van der Waals surface area (Å²) < 4.78 is 5.47. The zero-order valence-electron chi connectivity index (χ0n) is 19.4. The molecule has 1 amide bonds. The van der Waals surface area contributed by atoms with Gasteiger partial charge in [0.2, 0.25) is 0 Å². The van der Waals surface area contributed by atoms with Crippen LogP contribution in [0.25, 0.3) is 11.6 Å². The Morgan fingerprint density at radius 1 is 1.19 bits per heavy atom. The first-order valence-electron chi connectivity index (χ1n) is 10.8. The number of hydrogen-bond donors (Lipinski definition) is 1. The number of amides is 1. The maximum atomic E-state index is 12.6. The van der Waals surface area contributed by atoms with E-state index in [-0.39, 0.29) is 11.4 Å². The smallest absolute Gasteiger partial charge is 0.264 e. The van der Waals surface area contributed by atoms with Crippen LogP contribution in [-0.4, -0.2) is 30.3 Å². The number of allylic oxidation sites excluding steroid dienone is 1. The van der Waals surface area contributed by atoms with E-state index >= 15 is 0 Å². The van der Waals surface area contributed by atoms with Crippen molar-refractivity contribution >= 4 is 45.9 Å². The van der Waals surface area contributed by atoms with E-state index in [1.165, 1.54) is 28.6 Å². The minimum Gasteiger partial charge on any atom is -0.494 e. The van der Waals surface area contributed by atoms with Crippen LogP contribution in [-0.2, 0) is 4.79 Å². The Morgan fingerprint density at radius 2 is 1.91 bits per heavy atom. The maximum absolute atomic E-state index is 12.6. The van der Waals surface area contributed by atoms with E-state index in [4.69, 9.17) is 4.74 Å². The number of anilines is 1. The first kappa shape index (κ1) is 22.2. The van der Waals surface area contributed by atoms with E-state index in [0.717, 1.165) is 22.6 Å². The number of aryl methyl sites for hydroxylation is 1. The van der Waals surface area contributed by atoms with Crippen molar-refractivity contribution in [1.82, 2.24) is 5.32 Å². The lowest BCUT2D eigenvalue weighted by Crippen LogP contribution is -2.42. The van der Waals surface area contributed by atoms with E-state index < -0.39 is 0 Å². The molecule has 0 atom stereocenters. The predicted octanol–water partition coefficient (Wildman–Crippen LogP) is 5.92. The highest BCUT2D eigenvalue weighted by Gasteiger charge is 2.29. The molecule has 166 valence electrons. The molecule has 0 unspecified atom stereocenters. The van der Waals surface area contributed by atoms with Crippen molar-refractivity contribution in [3.8, 4) is 5.75 Å². The normalized spacial score (nSPS) is 19.8. The molecule has 5 nitrogen and oxygen atoms in total. The van der Waals surface area contributed by atoms with Crippen LogP contribution >= 0.6 is 11.8 Å². The lowest BCUT2D eigenvalue weighted by atomic mass is 9.87. The molecular formula is C26H29N3O2S. The fraction of sp³-hybridized carbons (Fsp3) is 0.308. The number of hydrogen-bond acceptors (Lipinski definition) is 5. The van der Waals surface area contributed by atoms with Crippen LogP contribution in [0.2, 0.25) is 0 Å². The number of carbonyl (C=O) groups is 1. The van der Waals surface area contributed by atoms with Crippen LogP contribution in [0.3, 0.4) is 0 Å². The van der Waals surface area contributed by atoms with Gasteiger partial charge in [-0.15, -0.1) is 0 Å². The van der Waals surface area contributed by atoms with E-state index in [9.17, 15) is 4.79 Å². The number of nitrogens with one attached hydrogen (secondary N) is 1. The Morgan fingerprint density at radius 3 is 2.59 bits per heavy atom. The van der Waals surface area contributed by atoms with Gasteiger partial charge in [-0.3, -0.25) is 4.79 Å². The van der Waals surface area contributed by atoms with Gasteiger partial charge in [0.15, 0.2) is 5.17 Å². The molecule has 0 bridgehead atoms. The third-order valence-electron chi connectivity index (χ3n) is 5.92. The van der Waals surface area contributed by atoms with Crippen LogP contribution in [0.4, 0.5) is 11.4 Å². The Hall–Kier alpha value is -2.99. The molecule has 0 saturated carbocycles. The van der Waals surface area contributed by atoms with E-state index in [1.54, 1.807) is 0 Å². The maximum Gasteiger partial charge on any atom is 0.264 e. The molecule has 0 radical (unpaired) electrons. The highest BCUT2D eigenvalue weighted by Crippen LogP contribution is 2.40. The summed E-state index contributed by atoms with van der Waals surface area (Å²) in [6.07, 6.45) is 4.25. The van der Waals surface area contributed by atoms with Crippen molar-refractivity contribution in [2.75, 3.05) is 18.6 Å². The topological polar surface area (TPSA) is 53.9 Å². The summed E-state index contributed by atoms with van der Waals surface area (Å²) in [5.41, 5.74) is 6.60. The molecule has 1 saturated heterocycles. The van der Waals surface area contributed by atoms with Gasteiger partial charge in [0.05, 0.1) is 22.7 Å². The number of ether oxygens (including phenoxy) is 1. The molecule has 2 aliphatic heterocycles. The Kier molecular flexibility index (Phi) is 5.91. The second kappa shape index (κ2) is 8.51. The van der Waals surface area contributed by atoms with Crippen molar-refractivity contribution in [3.05, 3.63) is 64.1 Å². The van der Waals surface area contributed by atoms with E-state index in [1.807, 2.05) is 37.3 Å². The van der Waals surface area contributed by atoms with Crippen molar-refractivity contribution in [2.24, 2.45) is 4.99 Å². The molecular weight excluding hydrogens is 418 g/mol. The molecule has 0 aromatic heterocycles. The summed E-state index contributed by atoms with van der Waals surface area (Å²) in [5, 5.41) is 3.46. The second-order valence-corrected chi connectivity index (χ2v) is 9.71. The van der Waals surface area contributed by atoms with Gasteiger partial charge < -0.3 is 15.0 Å². The summed E-state index contributed by atoms with van der Waals surface area (Å²) in [5.74, 6) is 0.684. The standard InChI is InChI=1S/C26H29N3O2S/c1-7-31-20-10-8-19(9-11-20)27-25-28-24(30)23(32-25)14-18-13-21-17(3)15-26(4,5)29(6)22(21)12-16(18)2/h8-15H,7H2,1-6H3,(H,27,28,30)/b23-14+. The SMILES string of the molecule is CCOc1ccc(N=C2NC(=O)/C(=C\c3cc4c(cc3C)N(C)C(C)(C)C=C4C)S2)cc1. The zero-order chi connectivity index (χ0) is 23.0. The summed E-state index contributed by atoms with van der Waals surface area (Å²) in [6, 6.07) is 11.9. The minimum atomic E-state index is -0.123. The number of benzene rings is 2. The highest BCUT2D eigenvalue weighted by atomic mass is 32.2. The van der Waals surface area contributed by atoms with Gasteiger partial charge in [0.1, 0.15) is 5.75 Å². The first-order chi connectivity index (χ1) is 15.2. The molecule has 1 N–H and O–H groups in total. The summed E-state index contributed by atoms with van der Waals surface area (Å²) in [6.45, 7) is 11.3. The van der Waals surface area contributed by atoms with Crippen LogP contribution < -0.4 is 15.0 Å². The van der Waals surface area contributed by atoms with Gasteiger partial charge in [-0.05, 0) is 106 Å². The average molecular weight is 448 g/mol. The number of thioether (sulfide) groups is 1. The number of fused-ring (bicyclic) bond motifs is 1. The lowest BCUT2D eigenvalue weighted by Gasteiger charge is -2.41. The van der Waals surface area contributed by atoms with Crippen LogP contribution in [0, 0.1) is 6.92 Å². The molecule has 1 fully saturated rings. The first-order valence-corrected chi connectivity index (χ1v) is 11.6. The molecule has 0 spiro atoms. The van der Waals surface area contributed by atoms with Crippen LogP contribution in [0.5, 0.6) is 5.75 Å². The Labute approximate surface area is 194 Å². The van der Waals surface area contributed by atoms with Gasteiger partial charge in [0.25, 0.3) is 5.91 Å². The van der Waals surface area contributed by atoms with Crippen molar-refractivity contribution < 1.29 is 9.53 Å². The fourth-order valence-electron chi connectivity index (χ4n) is 4.00. The van der Waals surface area contributed by atoms with Crippen molar-refractivity contribution in [1.29, 1.82) is 0 Å². The van der Waals surface area contributed by atoms with Gasteiger partial charge in [-0.2, -0.15) is 0 Å². The molecule has 2 aromatic rings. The van der Waals surface area contributed by atoms with Gasteiger partial charge in [-0.1, -0.05) is 6.08 Å². The van der Waals surface area contributed by atoms with E-state index in [2.05, 4.69) is 68.2 Å².